The first kappa shape index (κ1) is 36.6. The van der Waals surface area contributed by atoms with Crippen LogP contribution in [0.4, 0.5) is 11.4 Å². The second-order valence-corrected chi connectivity index (χ2v) is 16.6. The van der Waals surface area contributed by atoms with Gasteiger partial charge in [0.2, 0.25) is 20.0 Å². The molecule has 0 aliphatic rings. The second kappa shape index (κ2) is 15.6. The first-order chi connectivity index (χ1) is 24.9. The first-order valence-electron chi connectivity index (χ1n) is 15.5. The number of anilines is 2. The highest BCUT2D eigenvalue weighted by Crippen LogP contribution is 2.47. The number of benzene rings is 6. The number of nitrogens with two attached hydrogens (primary N) is 2. The van der Waals surface area contributed by atoms with Gasteiger partial charge in [-0.2, -0.15) is 0 Å². The maximum atomic E-state index is 13.8. The molecule has 0 aliphatic carbocycles. The topological polar surface area (TPSA) is 179 Å². The van der Waals surface area contributed by atoms with Crippen molar-refractivity contribution < 1.29 is 26.4 Å². The molecule has 0 aromatic heterocycles. The van der Waals surface area contributed by atoms with E-state index in [0.29, 0.717) is 33.0 Å². The van der Waals surface area contributed by atoms with Crippen LogP contribution >= 0.6 is 21.6 Å². The zero-order valence-corrected chi connectivity index (χ0v) is 30.4. The van der Waals surface area contributed by atoms with E-state index < -0.39 is 31.9 Å². The monoisotopic (exact) mass is 766 g/mol. The minimum Gasteiger partial charge on any atom is -0.322 e. The third-order valence-corrected chi connectivity index (χ3v) is 12.2. The largest absolute Gasteiger partial charge is 0.322 e. The average molecular weight is 767 g/mol. The van der Waals surface area contributed by atoms with Gasteiger partial charge in [0.1, 0.15) is 0 Å². The molecule has 0 bridgehead atoms. The lowest BCUT2D eigenvalue weighted by atomic mass is 9.99. The normalized spacial score (nSPS) is 11.5. The summed E-state index contributed by atoms with van der Waals surface area (Å²) in [5.41, 5.74) is 4.79. The van der Waals surface area contributed by atoms with Gasteiger partial charge in [-0.25, -0.2) is 27.1 Å². The van der Waals surface area contributed by atoms with Crippen molar-refractivity contribution in [3.8, 4) is 22.3 Å². The third kappa shape index (κ3) is 8.62. The standard InChI is InChI=1S/C38H30N4O6S4/c39-51(45,46)28-21-17-26(18-22-28)41-37(43)33-13-5-4-11-31(33)32-12-6-7-16-35(32)49-50-36-30(25-9-2-1-3-10-25)14-8-15-34(36)38(44)42-27-19-23-29(24-20-27)52(40,47)48/h1-24H,(H,41,43)(H,42,44)(H2,39,45,46)(H2,40,47,48). The maximum absolute atomic E-state index is 13.8. The van der Waals surface area contributed by atoms with E-state index in [4.69, 9.17) is 10.3 Å². The van der Waals surface area contributed by atoms with Gasteiger partial charge in [0.05, 0.1) is 15.4 Å². The van der Waals surface area contributed by atoms with Crippen LogP contribution in [0.2, 0.25) is 0 Å². The first-order valence-corrected chi connectivity index (χ1v) is 20.7. The summed E-state index contributed by atoms with van der Waals surface area (Å²) < 4.78 is 46.8. The molecule has 2 amide bonds. The number of carbonyl (C=O) groups excluding carboxylic acids is 2. The summed E-state index contributed by atoms with van der Waals surface area (Å²) in [6, 6.07) is 41.1. The van der Waals surface area contributed by atoms with E-state index in [1.165, 1.54) is 70.1 Å². The zero-order valence-electron chi connectivity index (χ0n) is 27.1. The molecule has 0 unspecified atom stereocenters. The highest BCUT2D eigenvalue weighted by molar-refractivity contribution is 8.76. The van der Waals surface area contributed by atoms with Gasteiger partial charge in [-0.1, -0.05) is 100 Å². The van der Waals surface area contributed by atoms with Crippen LogP contribution in [0.3, 0.4) is 0 Å². The third-order valence-electron chi connectivity index (χ3n) is 7.79. The molecule has 0 radical (unpaired) electrons. The molecule has 262 valence electrons. The Hall–Kier alpha value is -5.22. The lowest BCUT2D eigenvalue weighted by molar-refractivity contribution is 0.101. The molecule has 10 nitrogen and oxygen atoms in total. The van der Waals surface area contributed by atoms with Crippen molar-refractivity contribution in [2.24, 2.45) is 10.3 Å². The number of hydrogen-bond donors (Lipinski definition) is 4. The summed E-state index contributed by atoms with van der Waals surface area (Å²) in [5, 5.41) is 16.1. The Morgan fingerprint density at radius 1 is 0.462 bits per heavy atom. The summed E-state index contributed by atoms with van der Waals surface area (Å²) in [5.74, 6) is -0.784. The number of sulfonamides is 2. The highest BCUT2D eigenvalue weighted by Gasteiger charge is 2.21. The summed E-state index contributed by atoms with van der Waals surface area (Å²) in [4.78, 5) is 28.7. The van der Waals surface area contributed by atoms with E-state index in [0.717, 1.165) is 21.6 Å². The highest BCUT2D eigenvalue weighted by atomic mass is 33.1. The average Bonchev–Trinajstić information content (AvgIpc) is 3.14. The Kier molecular flexibility index (Phi) is 11.0. The second-order valence-electron chi connectivity index (χ2n) is 11.3. The Bertz CT molecular complexity index is 2490. The fourth-order valence-corrected chi connectivity index (χ4v) is 8.89. The van der Waals surface area contributed by atoms with Crippen LogP contribution in [-0.2, 0) is 20.0 Å². The van der Waals surface area contributed by atoms with Crippen molar-refractivity contribution in [2.75, 3.05) is 10.6 Å². The van der Waals surface area contributed by atoms with Crippen molar-refractivity contribution in [2.45, 2.75) is 19.6 Å². The van der Waals surface area contributed by atoms with E-state index >= 15 is 0 Å². The summed E-state index contributed by atoms with van der Waals surface area (Å²) in [6.45, 7) is 0. The fourth-order valence-electron chi connectivity index (χ4n) is 5.27. The number of hydrogen-bond acceptors (Lipinski definition) is 8. The van der Waals surface area contributed by atoms with Gasteiger partial charge < -0.3 is 10.6 Å². The van der Waals surface area contributed by atoms with Crippen molar-refractivity contribution in [3.63, 3.8) is 0 Å². The molecule has 6 rings (SSSR count). The molecule has 14 heteroatoms. The smallest absolute Gasteiger partial charge is 0.256 e. The van der Waals surface area contributed by atoms with E-state index in [-0.39, 0.29) is 9.79 Å². The van der Waals surface area contributed by atoms with E-state index in [1.807, 2.05) is 72.8 Å². The van der Waals surface area contributed by atoms with Crippen molar-refractivity contribution in [3.05, 3.63) is 157 Å². The van der Waals surface area contributed by atoms with Crippen molar-refractivity contribution in [1.82, 2.24) is 0 Å². The maximum Gasteiger partial charge on any atom is 0.256 e. The number of primary sulfonamides is 2. The van der Waals surface area contributed by atoms with Crippen LogP contribution in [0.15, 0.2) is 165 Å². The van der Waals surface area contributed by atoms with Gasteiger partial charge in [0.25, 0.3) is 11.8 Å². The van der Waals surface area contributed by atoms with Crippen LogP contribution in [0.25, 0.3) is 22.3 Å². The Morgan fingerprint density at radius 2 is 0.923 bits per heavy atom. The molecular formula is C38H30N4O6S4. The van der Waals surface area contributed by atoms with Crippen LogP contribution in [0, 0.1) is 0 Å². The predicted molar refractivity (Wildman–Crippen MR) is 207 cm³/mol. The van der Waals surface area contributed by atoms with Gasteiger partial charge in [0, 0.05) is 26.7 Å². The lowest BCUT2D eigenvalue weighted by Crippen LogP contribution is -2.14. The lowest BCUT2D eigenvalue weighted by Gasteiger charge is -2.17. The van der Waals surface area contributed by atoms with Crippen LogP contribution < -0.4 is 20.9 Å². The molecule has 6 aromatic rings. The molecule has 6 aromatic carbocycles. The van der Waals surface area contributed by atoms with E-state index in [1.54, 1.807) is 24.3 Å². The molecule has 52 heavy (non-hydrogen) atoms. The van der Waals surface area contributed by atoms with Gasteiger partial charge >= 0.3 is 0 Å². The molecule has 0 fully saturated rings. The SMILES string of the molecule is NS(=O)(=O)c1ccc(NC(=O)c2ccccc2-c2ccccc2SSc2c(C(=O)Nc3ccc(S(N)(=O)=O)cc3)cccc2-c2ccccc2)cc1. The molecule has 0 spiro atoms. The molecule has 0 aliphatic heterocycles. The molecule has 0 saturated carbocycles. The summed E-state index contributed by atoms with van der Waals surface area (Å²) in [7, 11) is -4.95. The van der Waals surface area contributed by atoms with Crippen molar-refractivity contribution in [1.29, 1.82) is 0 Å². The van der Waals surface area contributed by atoms with Gasteiger partial charge in [0.15, 0.2) is 0 Å². The van der Waals surface area contributed by atoms with Gasteiger partial charge in [-0.3, -0.25) is 9.59 Å². The predicted octanol–water partition coefficient (Wildman–Crippen LogP) is 7.62. The van der Waals surface area contributed by atoms with Gasteiger partial charge in [-0.05, 0) is 89.0 Å². The number of amides is 2. The van der Waals surface area contributed by atoms with Crippen molar-refractivity contribution >= 4 is 64.8 Å². The fraction of sp³-hybridized carbons (Fsp3) is 0. The molecule has 6 N–H and O–H groups in total. The van der Waals surface area contributed by atoms with Crippen LogP contribution in [0.1, 0.15) is 20.7 Å². The Labute approximate surface area is 309 Å². The number of rotatable bonds is 11. The summed E-state index contributed by atoms with van der Waals surface area (Å²) in [6.07, 6.45) is 0. The minimum atomic E-state index is -3.89. The van der Waals surface area contributed by atoms with Crippen LogP contribution in [-0.4, -0.2) is 28.6 Å². The number of nitrogens with one attached hydrogen (secondary N) is 2. The Morgan fingerprint density at radius 3 is 1.50 bits per heavy atom. The minimum absolute atomic E-state index is 0.0670. The summed E-state index contributed by atoms with van der Waals surface area (Å²) >= 11 is 0. The van der Waals surface area contributed by atoms with E-state index in [2.05, 4.69) is 10.6 Å². The Balaban J connectivity index is 1.31. The molecule has 0 heterocycles. The number of carbonyl (C=O) groups is 2. The molecular weight excluding hydrogens is 737 g/mol. The quantitative estimate of drug-likeness (QED) is 0.0973. The molecule has 0 saturated heterocycles. The van der Waals surface area contributed by atoms with Crippen LogP contribution in [0.5, 0.6) is 0 Å². The van der Waals surface area contributed by atoms with E-state index in [9.17, 15) is 26.4 Å². The molecule has 0 atom stereocenters. The van der Waals surface area contributed by atoms with Gasteiger partial charge in [-0.15, -0.1) is 0 Å². The zero-order chi connectivity index (χ0) is 36.9.